The Bertz CT molecular complexity index is 651. The van der Waals surface area contributed by atoms with Crippen LogP contribution in [-0.4, -0.2) is 21.9 Å². The molecule has 0 bridgehead atoms. The lowest BCUT2D eigenvalue weighted by Crippen LogP contribution is -2.52. The van der Waals surface area contributed by atoms with E-state index in [0.29, 0.717) is 10.8 Å². The molecule has 30 heavy (non-hydrogen) atoms. The summed E-state index contributed by atoms with van der Waals surface area (Å²) in [5.41, 5.74) is 1.92. The quantitative estimate of drug-likeness (QED) is 0.463. The summed E-state index contributed by atoms with van der Waals surface area (Å²) in [5, 5.41) is 20.9. The molecular weight excluding hydrogens is 368 g/mol. The topological polar surface area (TPSA) is 40.5 Å². The predicted octanol–water partition coefficient (Wildman–Crippen LogP) is 6.89. The van der Waals surface area contributed by atoms with Gasteiger partial charge in [0.25, 0.3) is 0 Å². The van der Waals surface area contributed by atoms with Gasteiger partial charge in [0.1, 0.15) is 0 Å². The molecule has 4 aliphatic rings. The van der Waals surface area contributed by atoms with Crippen molar-refractivity contribution in [2.75, 3.05) is 0 Å². The van der Waals surface area contributed by atoms with Crippen molar-refractivity contribution >= 4 is 0 Å². The Morgan fingerprint density at radius 2 is 1.77 bits per heavy atom. The van der Waals surface area contributed by atoms with E-state index in [9.17, 15) is 10.2 Å². The van der Waals surface area contributed by atoms with Gasteiger partial charge in [0, 0.05) is 0 Å². The fraction of sp³-hybridized carbons (Fsp3) is 0.929. The van der Waals surface area contributed by atoms with Gasteiger partial charge >= 0.3 is 0 Å². The lowest BCUT2D eigenvalue weighted by atomic mass is 9.46. The van der Waals surface area contributed by atoms with Crippen LogP contribution in [0.4, 0.5) is 0 Å². The van der Waals surface area contributed by atoms with Crippen molar-refractivity contribution in [3.05, 3.63) is 11.6 Å². The molecule has 0 unspecified atom stereocenters. The zero-order valence-corrected chi connectivity index (χ0v) is 20.4. The first kappa shape index (κ1) is 22.8. The van der Waals surface area contributed by atoms with Crippen molar-refractivity contribution in [1.82, 2.24) is 0 Å². The molecule has 3 fully saturated rings. The third kappa shape index (κ3) is 3.83. The van der Waals surface area contributed by atoms with Crippen LogP contribution < -0.4 is 0 Å². The van der Waals surface area contributed by atoms with E-state index in [-0.39, 0.29) is 6.10 Å². The summed E-state index contributed by atoms with van der Waals surface area (Å²) in [7, 11) is 0. The van der Waals surface area contributed by atoms with Gasteiger partial charge in [-0.05, 0) is 118 Å². The van der Waals surface area contributed by atoms with Crippen LogP contribution in [0.25, 0.3) is 0 Å². The van der Waals surface area contributed by atoms with Crippen molar-refractivity contribution in [1.29, 1.82) is 0 Å². The van der Waals surface area contributed by atoms with Crippen LogP contribution in [0.5, 0.6) is 0 Å². The SMILES string of the molecule is CCC[C@H](O)CC[C@@H](C)[C@H]1CC[C@H]2[C@@H]3CC=C4C[C@@](C)(O)CC[C@]4(C)[C@H]3CC[C@]12C. The van der Waals surface area contributed by atoms with E-state index in [2.05, 4.69) is 33.8 Å². The van der Waals surface area contributed by atoms with Crippen LogP contribution in [0, 0.1) is 40.4 Å². The average molecular weight is 417 g/mol. The Labute approximate surface area is 185 Å². The minimum Gasteiger partial charge on any atom is -0.393 e. The Balaban J connectivity index is 1.48. The fourth-order valence-electron chi connectivity index (χ4n) is 8.91. The maximum absolute atomic E-state index is 10.7. The highest BCUT2D eigenvalue weighted by molar-refractivity contribution is 5.26. The van der Waals surface area contributed by atoms with Gasteiger partial charge in [0.15, 0.2) is 0 Å². The Hall–Kier alpha value is -0.340. The van der Waals surface area contributed by atoms with E-state index in [0.717, 1.165) is 61.7 Å². The summed E-state index contributed by atoms with van der Waals surface area (Å²) in [4.78, 5) is 0. The number of hydrogen-bond acceptors (Lipinski definition) is 2. The zero-order chi connectivity index (χ0) is 21.7. The number of aliphatic hydroxyl groups excluding tert-OH is 1. The summed E-state index contributed by atoms with van der Waals surface area (Å²) >= 11 is 0. The standard InChI is InChI=1S/C28H48O2/c1-6-7-21(29)10-8-19(2)23-12-13-24-22-11-9-20-18-26(3,30)16-17-27(20,4)25(22)14-15-28(23,24)5/h9,19,21-25,29-30H,6-8,10-18H2,1-5H3/t19-,21+,22+,23-,24+,25+,26+,27+,28-/m1/s1. The molecule has 0 saturated heterocycles. The van der Waals surface area contributed by atoms with Crippen molar-refractivity contribution in [3.8, 4) is 0 Å². The second-order valence-electron chi connectivity index (χ2n) is 12.7. The smallest absolute Gasteiger partial charge is 0.0657 e. The third-order valence-corrected chi connectivity index (χ3v) is 10.7. The maximum atomic E-state index is 10.7. The zero-order valence-electron chi connectivity index (χ0n) is 20.4. The molecule has 4 rings (SSSR count). The van der Waals surface area contributed by atoms with Gasteiger partial charge < -0.3 is 10.2 Å². The molecule has 9 atom stereocenters. The number of hydrogen-bond donors (Lipinski definition) is 2. The van der Waals surface area contributed by atoms with Crippen molar-refractivity contribution in [3.63, 3.8) is 0 Å². The molecule has 2 nitrogen and oxygen atoms in total. The van der Waals surface area contributed by atoms with Crippen LogP contribution in [0.1, 0.15) is 112 Å². The van der Waals surface area contributed by atoms with Crippen molar-refractivity contribution < 1.29 is 10.2 Å². The lowest BCUT2D eigenvalue weighted by molar-refractivity contribution is -0.0708. The molecule has 0 amide bonds. The fourth-order valence-corrected chi connectivity index (χ4v) is 8.91. The predicted molar refractivity (Wildman–Crippen MR) is 125 cm³/mol. The third-order valence-electron chi connectivity index (χ3n) is 10.7. The number of rotatable bonds is 6. The second-order valence-corrected chi connectivity index (χ2v) is 12.7. The van der Waals surface area contributed by atoms with Crippen LogP contribution in [-0.2, 0) is 0 Å². The highest BCUT2D eigenvalue weighted by atomic mass is 16.3. The Morgan fingerprint density at radius 1 is 1.00 bits per heavy atom. The molecule has 0 heterocycles. The van der Waals surface area contributed by atoms with Crippen molar-refractivity contribution in [2.45, 2.75) is 123 Å². The van der Waals surface area contributed by atoms with Gasteiger partial charge in [-0.2, -0.15) is 0 Å². The highest BCUT2D eigenvalue weighted by Gasteiger charge is 2.59. The van der Waals surface area contributed by atoms with Gasteiger partial charge in [-0.1, -0.05) is 45.8 Å². The lowest BCUT2D eigenvalue weighted by Gasteiger charge is -2.59. The Morgan fingerprint density at radius 3 is 2.50 bits per heavy atom. The second kappa shape index (κ2) is 8.22. The number of fused-ring (bicyclic) bond motifs is 5. The summed E-state index contributed by atoms with van der Waals surface area (Å²) in [6, 6.07) is 0. The number of allylic oxidation sites excluding steroid dienone is 1. The minimum absolute atomic E-state index is 0.0939. The normalized spacial score (nSPS) is 47.6. The van der Waals surface area contributed by atoms with E-state index in [4.69, 9.17) is 0 Å². The monoisotopic (exact) mass is 416 g/mol. The molecule has 4 aliphatic carbocycles. The van der Waals surface area contributed by atoms with Gasteiger partial charge in [0.2, 0.25) is 0 Å². The van der Waals surface area contributed by atoms with Crippen LogP contribution in [0.2, 0.25) is 0 Å². The molecule has 172 valence electrons. The molecule has 0 aromatic rings. The van der Waals surface area contributed by atoms with Crippen LogP contribution in [0.3, 0.4) is 0 Å². The van der Waals surface area contributed by atoms with E-state index in [1.165, 1.54) is 44.9 Å². The summed E-state index contributed by atoms with van der Waals surface area (Å²) in [6.45, 7) is 11.9. The van der Waals surface area contributed by atoms with Crippen molar-refractivity contribution in [2.24, 2.45) is 40.4 Å². The number of aliphatic hydroxyl groups is 2. The van der Waals surface area contributed by atoms with E-state index < -0.39 is 5.60 Å². The minimum atomic E-state index is -0.489. The van der Waals surface area contributed by atoms with Crippen LogP contribution in [0.15, 0.2) is 11.6 Å². The molecule has 0 spiro atoms. The van der Waals surface area contributed by atoms with Gasteiger partial charge in [-0.15, -0.1) is 0 Å². The highest BCUT2D eigenvalue weighted by Crippen LogP contribution is 2.67. The molecular formula is C28H48O2. The maximum Gasteiger partial charge on any atom is 0.0657 e. The summed E-state index contributed by atoms with van der Waals surface area (Å²) < 4.78 is 0. The average Bonchev–Trinajstić information content (AvgIpc) is 3.04. The first-order valence-electron chi connectivity index (χ1n) is 13.2. The molecule has 3 saturated carbocycles. The van der Waals surface area contributed by atoms with Gasteiger partial charge in [-0.3, -0.25) is 0 Å². The molecule has 0 radical (unpaired) electrons. The summed E-state index contributed by atoms with van der Waals surface area (Å²) in [5.74, 6) is 4.12. The van der Waals surface area contributed by atoms with E-state index >= 15 is 0 Å². The van der Waals surface area contributed by atoms with Crippen LogP contribution >= 0.6 is 0 Å². The first-order chi connectivity index (χ1) is 14.1. The summed E-state index contributed by atoms with van der Waals surface area (Å²) in [6.07, 6.45) is 16.6. The van der Waals surface area contributed by atoms with Gasteiger partial charge in [-0.25, -0.2) is 0 Å². The molecule has 0 aromatic heterocycles. The van der Waals surface area contributed by atoms with E-state index in [1.54, 1.807) is 5.57 Å². The molecule has 2 heteroatoms. The van der Waals surface area contributed by atoms with Gasteiger partial charge in [0.05, 0.1) is 11.7 Å². The molecule has 0 aromatic carbocycles. The molecule has 2 N–H and O–H groups in total. The Kier molecular flexibility index (Phi) is 6.26. The largest absolute Gasteiger partial charge is 0.393 e. The molecule has 0 aliphatic heterocycles. The first-order valence-corrected chi connectivity index (χ1v) is 13.2. The van der Waals surface area contributed by atoms with E-state index in [1.807, 2.05) is 6.92 Å².